The number of fused-ring (bicyclic) bond motifs is 1. The van der Waals surface area contributed by atoms with E-state index in [2.05, 4.69) is 4.57 Å². The number of carbonyl (C=O) groups excluding carboxylic acids is 1. The second-order valence-electron chi connectivity index (χ2n) is 5.92. The second kappa shape index (κ2) is 7.10. The number of hydrogen-bond donors (Lipinski definition) is 0. The SMILES string of the molecule is CC(=O)c1cn(CCCOc2ccc(Cl)c(C)c2)c2ccccc12. The van der Waals surface area contributed by atoms with E-state index in [1.807, 2.05) is 55.6 Å². The van der Waals surface area contributed by atoms with E-state index in [9.17, 15) is 4.79 Å². The van der Waals surface area contributed by atoms with Crippen LogP contribution in [0.3, 0.4) is 0 Å². The van der Waals surface area contributed by atoms with Crippen molar-refractivity contribution in [3.8, 4) is 5.75 Å². The minimum Gasteiger partial charge on any atom is -0.494 e. The molecule has 3 aromatic rings. The number of ether oxygens (including phenoxy) is 1. The summed E-state index contributed by atoms with van der Waals surface area (Å²) in [5.41, 5.74) is 2.88. The van der Waals surface area contributed by atoms with E-state index in [0.29, 0.717) is 6.61 Å². The highest BCUT2D eigenvalue weighted by Crippen LogP contribution is 2.23. The van der Waals surface area contributed by atoms with Crippen LogP contribution in [0.5, 0.6) is 5.75 Å². The van der Waals surface area contributed by atoms with Crippen LogP contribution < -0.4 is 4.74 Å². The topological polar surface area (TPSA) is 31.2 Å². The Morgan fingerprint density at radius 2 is 2.00 bits per heavy atom. The molecule has 3 rings (SSSR count). The van der Waals surface area contributed by atoms with Gasteiger partial charge >= 0.3 is 0 Å². The first-order chi connectivity index (χ1) is 11.6. The molecule has 0 radical (unpaired) electrons. The van der Waals surface area contributed by atoms with E-state index in [-0.39, 0.29) is 5.78 Å². The first-order valence-electron chi connectivity index (χ1n) is 8.04. The molecule has 0 saturated carbocycles. The van der Waals surface area contributed by atoms with E-state index in [1.165, 1.54) is 0 Å². The van der Waals surface area contributed by atoms with Crippen LogP contribution in [0.15, 0.2) is 48.7 Å². The number of aryl methyl sites for hydroxylation is 2. The zero-order valence-electron chi connectivity index (χ0n) is 13.9. The van der Waals surface area contributed by atoms with Crippen molar-refractivity contribution in [2.75, 3.05) is 6.61 Å². The van der Waals surface area contributed by atoms with Gasteiger partial charge < -0.3 is 9.30 Å². The molecule has 1 heterocycles. The normalized spacial score (nSPS) is 11.0. The largest absolute Gasteiger partial charge is 0.494 e. The summed E-state index contributed by atoms with van der Waals surface area (Å²) in [5.74, 6) is 0.927. The first-order valence-corrected chi connectivity index (χ1v) is 8.42. The Morgan fingerprint density at radius 3 is 2.75 bits per heavy atom. The quantitative estimate of drug-likeness (QED) is 0.451. The summed E-state index contributed by atoms with van der Waals surface area (Å²) in [5, 5.41) is 1.76. The molecule has 0 aliphatic carbocycles. The number of Topliss-reactive ketones (excluding diaryl/α,β-unsaturated/α-hetero) is 1. The van der Waals surface area contributed by atoms with Gasteiger partial charge in [-0.15, -0.1) is 0 Å². The van der Waals surface area contributed by atoms with Crippen molar-refractivity contribution < 1.29 is 9.53 Å². The molecule has 0 amide bonds. The number of ketones is 1. The third kappa shape index (κ3) is 3.46. The van der Waals surface area contributed by atoms with E-state index in [4.69, 9.17) is 16.3 Å². The van der Waals surface area contributed by atoms with Crippen LogP contribution in [-0.2, 0) is 6.54 Å². The summed E-state index contributed by atoms with van der Waals surface area (Å²) in [6.45, 7) is 4.99. The van der Waals surface area contributed by atoms with Gasteiger partial charge in [-0.3, -0.25) is 4.79 Å². The fraction of sp³-hybridized carbons (Fsp3) is 0.250. The minimum absolute atomic E-state index is 0.0952. The van der Waals surface area contributed by atoms with Gasteiger partial charge in [0.2, 0.25) is 0 Å². The van der Waals surface area contributed by atoms with Gasteiger partial charge in [0.05, 0.1) is 6.61 Å². The molecule has 0 aliphatic heterocycles. The van der Waals surface area contributed by atoms with E-state index < -0.39 is 0 Å². The Hall–Kier alpha value is -2.26. The zero-order valence-corrected chi connectivity index (χ0v) is 14.6. The minimum atomic E-state index is 0.0952. The predicted octanol–water partition coefficient (Wildman–Crippen LogP) is 5.27. The van der Waals surface area contributed by atoms with Crippen molar-refractivity contribution in [3.05, 3.63) is 64.8 Å². The molecule has 0 saturated heterocycles. The number of carbonyl (C=O) groups is 1. The maximum absolute atomic E-state index is 11.8. The molecule has 0 fully saturated rings. The van der Waals surface area contributed by atoms with Gasteiger partial charge in [0.15, 0.2) is 5.78 Å². The summed E-state index contributed by atoms with van der Waals surface area (Å²) in [6, 6.07) is 13.7. The van der Waals surface area contributed by atoms with Crippen molar-refractivity contribution in [2.45, 2.75) is 26.8 Å². The number of rotatable bonds is 6. The Balaban J connectivity index is 1.65. The number of hydrogen-bond acceptors (Lipinski definition) is 2. The van der Waals surface area contributed by atoms with E-state index in [0.717, 1.165) is 45.8 Å². The summed E-state index contributed by atoms with van der Waals surface area (Å²) < 4.78 is 7.92. The van der Waals surface area contributed by atoms with E-state index in [1.54, 1.807) is 6.92 Å². The molecule has 0 atom stereocenters. The van der Waals surface area contributed by atoms with Crippen LogP contribution >= 0.6 is 11.6 Å². The highest BCUT2D eigenvalue weighted by Gasteiger charge is 2.11. The fourth-order valence-corrected chi connectivity index (χ4v) is 2.96. The van der Waals surface area contributed by atoms with Crippen molar-refractivity contribution in [1.82, 2.24) is 4.57 Å². The molecule has 0 aliphatic rings. The third-order valence-electron chi connectivity index (χ3n) is 4.11. The predicted molar refractivity (Wildman–Crippen MR) is 98.2 cm³/mol. The van der Waals surface area contributed by atoms with Gasteiger partial charge in [0.1, 0.15) is 5.75 Å². The molecule has 2 aromatic carbocycles. The van der Waals surface area contributed by atoms with Gasteiger partial charge in [-0.1, -0.05) is 29.8 Å². The third-order valence-corrected chi connectivity index (χ3v) is 4.53. The fourth-order valence-electron chi connectivity index (χ4n) is 2.84. The lowest BCUT2D eigenvalue weighted by Crippen LogP contribution is -2.04. The molecule has 1 aromatic heterocycles. The highest BCUT2D eigenvalue weighted by atomic mass is 35.5. The van der Waals surface area contributed by atoms with Crippen LogP contribution in [0.2, 0.25) is 5.02 Å². The molecule has 0 bridgehead atoms. The average molecular weight is 342 g/mol. The van der Waals surface area contributed by atoms with Crippen molar-refractivity contribution in [3.63, 3.8) is 0 Å². The molecule has 0 N–H and O–H groups in total. The summed E-state index contributed by atoms with van der Waals surface area (Å²) in [6.07, 6.45) is 2.80. The van der Waals surface area contributed by atoms with Gasteiger partial charge in [-0.2, -0.15) is 0 Å². The van der Waals surface area contributed by atoms with Gasteiger partial charge in [0, 0.05) is 34.2 Å². The molecule has 0 spiro atoms. The summed E-state index contributed by atoms with van der Waals surface area (Å²) >= 11 is 6.02. The number of nitrogens with zero attached hydrogens (tertiary/aromatic N) is 1. The van der Waals surface area contributed by atoms with Crippen molar-refractivity contribution in [2.24, 2.45) is 0 Å². The number of benzene rings is 2. The summed E-state index contributed by atoms with van der Waals surface area (Å²) in [4.78, 5) is 11.8. The maximum Gasteiger partial charge on any atom is 0.161 e. The molecule has 24 heavy (non-hydrogen) atoms. The van der Waals surface area contributed by atoms with Crippen molar-refractivity contribution in [1.29, 1.82) is 0 Å². The van der Waals surface area contributed by atoms with Gasteiger partial charge in [-0.05, 0) is 50.1 Å². The molecular formula is C20H20ClNO2. The highest BCUT2D eigenvalue weighted by molar-refractivity contribution is 6.31. The van der Waals surface area contributed by atoms with Crippen LogP contribution in [-0.4, -0.2) is 17.0 Å². The maximum atomic E-state index is 11.8. The molecular weight excluding hydrogens is 322 g/mol. The Morgan fingerprint density at radius 1 is 1.21 bits per heavy atom. The lowest BCUT2D eigenvalue weighted by Gasteiger charge is -2.09. The van der Waals surface area contributed by atoms with Gasteiger partial charge in [0.25, 0.3) is 0 Å². The summed E-state index contributed by atoms with van der Waals surface area (Å²) in [7, 11) is 0. The Kier molecular flexibility index (Phi) is 4.91. The van der Waals surface area contributed by atoms with Crippen LogP contribution in [0.4, 0.5) is 0 Å². The average Bonchev–Trinajstić information content (AvgIpc) is 2.94. The number of halogens is 1. The Bertz CT molecular complexity index is 882. The first kappa shape index (κ1) is 16.6. The molecule has 4 heteroatoms. The lowest BCUT2D eigenvalue weighted by atomic mass is 10.1. The monoisotopic (exact) mass is 341 g/mol. The second-order valence-corrected chi connectivity index (χ2v) is 6.33. The van der Waals surface area contributed by atoms with Crippen LogP contribution in [0.25, 0.3) is 10.9 Å². The number of para-hydroxylation sites is 1. The number of aromatic nitrogens is 1. The lowest BCUT2D eigenvalue weighted by molar-refractivity contribution is 0.101. The van der Waals surface area contributed by atoms with E-state index >= 15 is 0 Å². The Labute approximate surface area is 146 Å². The smallest absolute Gasteiger partial charge is 0.161 e. The molecule has 3 nitrogen and oxygen atoms in total. The van der Waals surface area contributed by atoms with Crippen molar-refractivity contribution >= 4 is 28.3 Å². The molecule has 124 valence electrons. The van der Waals surface area contributed by atoms with Gasteiger partial charge in [-0.25, -0.2) is 0 Å². The standard InChI is InChI=1S/C20H20ClNO2/c1-14-12-16(8-9-19(14)21)24-11-5-10-22-13-18(15(2)23)17-6-3-4-7-20(17)22/h3-4,6-9,12-13H,5,10-11H2,1-2H3. The molecule has 0 unspecified atom stereocenters. The zero-order chi connectivity index (χ0) is 17.1. The van der Waals surface area contributed by atoms with Crippen LogP contribution in [0.1, 0.15) is 29.3 Å². The van der Waals surface area contributed by atoms with Crippen LogP contribution in [0, 0.1) is 6.92 Å².